The summed E-state index contributed by atoms with van der Waals surface area (Å²) in [6.45, 7) is -0.877. The van der Waals surface area contributed by atoms with Gasteiger partial charge in [-0.3, -0.25) is 9.36 Å². The van der Waals surface area contributed by atoms with Crippen LogP contribution in [0.2, 0.25) is 0 Å². The number of hydrogen-bond donors (Lipinski definition) is 3. The zero-order valence-corrected chi connectivity index (χ0v) is 13.6. The molecule has 26 heavy (non-hydrogen) atoms. The van der Waals surface area contributed by atoms with Gasteiger partial charge in [0.05, 0.1) is 19.3 Å². The molecule has 6 nitrogen and oxygen atoms in total. The molecule has 3 N–H and O–H groups in total. The monoisotopic (exact) mass is 354 g/mol. The molecule has 0 radical (unpaired) electrons. The molecule has 0 saturated carbocycles. The summed E-state index contributed by atoms with van der Waals surface area (Å²) >= 11 is 0. The third-order valence-electron chi connectivity index (χ3n) is 4.08. The van der Waals surface area contributed by atoms with Crippen LogP contribution in [0.5, 0.6) is 5.75 Å². The highest BCUT2D eigenvalue weighted by molar-refractivity contribution is 5.99. The molecule has 0 aliphatic rings. The molecule has 7 heteroatoms. The summed E-state index contributed by atoms with van der Waals surface area (Å²) in [5.74, 6) is -0.626. The predicted molar refractivity (Wildman–Crippen MR) is 93.1 cm³/mol. The first kappa shape index (κ1) is 17.6. The molecule has 0 bridgehead atoms. The van der Waals surface area contributed by atoms with Crippen LogP contribution < -0.4 is 5.56 Å². The van der Waals surface area contributed by atoms with E-state index < -0.39 is 24.1 Å². The minimum absolute atomic E-state index is 0.0915. The fourth-order valence-electron chi connectivity index (χ4n) is 2.93. The fourth-order valence-corrected chi connectivity index (χ4v) is 2.93. The molecule has 0 aliphatic carbocycles. The first-order valence-electron chi connectivity index (χ1n) is 7.80. The second kappa shape index (κ2) is 6.96. The average Bonchev–Trinajstić information content (AvgIpc) is 2.63. The molecule has 1 atom stereocenters. The molecule has 1 unspecified atom stereocenters. The van der Waals surface area contributed by atoms with Crippen LogP contribution in [0.1, 0.15) is 5.69 Å². The lowest BCUT2D eigenvalue weighted by Gasteiger charge is -2.18. The molecule has 3 rings (SSSR count). The van der Waals surface area contributed by atoms with E-state index in [9.17, 15) is 24.7 Å². The lowest BCUT2D eigenvalue weighted by Crippen LogP contribution is -2.31. The van der Waals surface area contributed by atoms with E-state index in [4.69, 9.17) is 5.11 Å². The molecule has 0 aliphatic heterocycles. The lowest BCUT2D eigenvalue weighted by molar-refractivity contribution is 0.0803. The molecule has 132 valence electrons. The topological polar surface area (TPSA) is 106 Å². The van der Waals surface area contributed by atoms with E-state index in [1.54, 1.807) is 6.07 Å². The Morgan fingerprint density at radius 2 is 1.96 bits per heavy atom. The third kappa shape index (κ3) is 3.04. The highest BCUT2D eigenvalue weighted by Gasteiger charge is 2.20. The highest BCUT2D eigenvalue weighted by atomic mass is 19.1. The van der Waals surface area contributed by atoms with Gasteiger partial charge < -0.3 is 15.3 Å². The summed E-state index contributed by atoms with van der Waals surface area (Å²) < 4.78 is 14.8. The number of nitrogens with zero attached hydrogens (tertiary/aromatic N) is 2. The van der Waals surface area contributed by atoms with E-state index >= 15 is 0 Å². The van der Waals surface area contributed by atoms with Crippen molar-refractivity contribution in [2.24, 2.45) is 0 Å². The molecular weight excluding hydrogens is 339 g/mol. The summed E-state index contributed by atoms with van der Waals surface area (Å²) in [5.41, 5.74) is -0.0255. The van der Waals surface area contributed by atoms with Gasteiger partial charge in [0.1, 0.15) is 23.3 Å². The number of phenolic OH excluding ortho intramolecular Hbond substituents is 1. The summed E-state index contributed by atoms with van der Waals surface area (Å²) in [6, 6.07) is 11.5. The van der Waals surface area contributed by atoms with Crippen LogP contribution in [-0.4, -0.2) is 32.6 Å². The van der Waals surface area contributed by atoms with Gasteiger partial charge in [0, 0.05) is 16.3 Å². The van der Waals surface area contributed by atoms with Crippen LogP contribution in [0.4, 0.5) is 4.39 Å². The third-order valence-corrected chi connectivity index (χ3v) is 4.08. The zero-order chi connectivity index (χ0) is 18.8. The summed E-state index contributed by atoms with van der Waals surface area (Å²) in [6.07, 6.45) is -1.24. The summed E-state index contributed by atoms with van der Waals surface area (Å²) in [5, 5.41) is 38.8. The number of fused-ring (bicyclic) bond motifs is 1. The van der Waals surface area contributed by atoms with Crippen LogP contribution in [0.25, 0.3) is 21.9 Å². The van der Waals surface area contributed by atoms with Crippen LogP contribution in [0.15, 0.2) is 47.3 Å². The molecule has 1 heterocycles. The van der Waals surface area contributed by atoms with Crippen molar-refractivity contribution in [2.75, 3.05) is 6.61 Å². The molecular formula is C19H15FN2O4. The number of halogens is 1. The quantitative estimate of drug-likeness (QED) is 0.662. The first-order valence-corrected chi connectivity index (χ1v) is 7.80. The Morgan fingerprint density at radius 1 is 1.19 bits per heavy atom. The normalized spacial score (nSPS) is 12.1. The maximum absolute atomic E-state index is 13.7. The zero-order valence-electron chi connectivity index (χ0n) is 13.6. The average molecular weight is 354 g/mol. The van der Waals surface area contributed by atoms with Gasteiger partial charge in [-0.2, -0.15) is 5.26 Å². The minimum Gasteiger partial charge on any atom is -0.508 e. The number of benzene rings is 2. The van der Waals surface area contributed by atoms with E-state index in [2.05, 4.69) is 0 Å². The van der Waals surface area contributed by atoms with Crippen molar-refractivity contribution in [1.29, 1.82) is 5.26 Å². The minimum atomic E-state index is -1.24. The SMILES string of the molecule is N#Cc1c(-c2cccc(F)c2)c2cc(O)ccc2c(=O)n1CC(O)CO. The van der Waals surface area contributed by atoms with Crippen molar-refractivity contribution in [3.63, 3.8) is 0 Å². The Bertz CT molecular complexity index is 1090. The number of pyridine rings is 1. The van der Waals surface area contributed by atoms with Crippen molar-refractivity contribution < 1.29 is 19.7 Å². The van der Waals surface area contributed by atoms with Crippen LogP contribution in [0, 0.1) is 17.1 Å². The van der Waals surface area contributed by atoms with E-state index in [-0.39, 0.29) is 28.9 Å². The van der Waals surface area contributed by atoms with Gasteiger partial charge in [0.25, 0.3) is 5.56 Å². The number of rotatable bonds is 4. The predicted octanol–water partition coefficient (Wildman–Crippen LogP) is 1.74. The first-order chi connectivity index (χ1) is 12.5. The van der Waals surface area contributed by atoms with Gasteiger partial charge in [-0.05, 0) is 35.9 Å². The maximum atomic E-state index is 13.7. The Balaban J connectivity index is 2.47. The Hall–Kier alpha value is -3.21. The number of aliphatic hydroxyl groups is 2. The van der Waals surface area contributed by atoms with Crippen LogP contribution >= 0.6 is 0 Å². The van der Waals surface area contributed by atoms with Crippen LogP contribution in [0.3, 0.4) is 0 Å². The molecule has 0 spiro atoms. The van der Waals surface area contributed by atoms with E-state index in [1.807, 2.05) is 6.07 Å². The smallest absolute Gasteiger partial charge is 0.259 e. The summed E-state index contributed by atoms with van der Waals surface area (Å²) in [7, 11) is 0. The largest absolute Gasteiger partial charge is 0.508 e. The molecule has 3 aromatic rings. The lowest BCUT2D eigenvalue weighted by atomic mass is 9.96. The van der Waals surface area contributed by atoms with Crippen molar-refractivity contribution in [1.82, 2.24) is 4.57 Å². The van der Waals surface area contributed by atoms with Gasteiger partial charge >= 0.3 is 0 Å². The standard InChI is InChI=1S/C19H15FN2O4/c20-12-3-1-2-11(6-12)18-16-7-13(24)4-5-15(16)19(26)22(17(18)8-21)9-14(25)10-23/h1-7,14,23-25H,9-10H2. The number of aromatic nitrogens is 1. The number of aliphatic hydroxyl groups excluding tert-OH is 2. The molecule has 0 saturated heterocycles. The van der Waals surface area contributed by atoms with Crippen molar-refractivity contribution in [3.8, 4) is 22.9 Å². The maximum Gasteiger partial charge on any atom is 0.259 e. The van der Waals surface area contributed by atoms with E-state index in [1.165, 1.54) is 36.4 Å². The highest BCUT2D eigenvalue weighted by Crippen LogP contribution is 2.32. The van der Waals surface area contributed by atoms with E-state index in [0.29, 0.717) is 10.9 Å². The van der Waals surface area contributed by atoms with E-state index in [0.717, 1.165) is 4.57 Å². The second-order valence-electron chi connectivity index (χ2n) is 5.83. The second-order valence-corrected chi connectivity index (χ2v) is 5.83. The van der Waals surface area contributed by atoms with Crippen molar-refractivity contribution >= 4 is 10.8 Å². The van der Waals surface area contributed by atoms with Gasteiger partial charge in [0.15, 0.2) is 0 Å². The van der Waals surface area contributed by atoms with Crippen LogP contribution in [-0.2, 0) is 6.54 Å². The number of hydrogen-bond acceptors (Lipinski definition) is 5. The van der Waals surface area contributed by atoms with Gasteiger partial charge in [-0.25, -0.2) is 4.39 Å². The van der Waals surface area contributed by atoms with Crippen molar-refractivity contribution in [3.05, 3.63) is 64.3 Å². The van der Waals surface area contributed by atoms with Gasteiger partial charge in [0.2, 0.25) is 0 Å². The van der Waals surface area contributed by atoms with Gasteiger partial charge in [-0.15, -0.1) is 0 Å². The molecule has 1 aromatic heterocycles. The molecule has 0 fully saturated rings. The number of phenols is 1. The molecule has 2 aromatic carbocycles. The Labute approximate surface area is 147 Å². The molecule has 0 amide bonds. The number of aromatic hydroxyl groups is 1. The summed E-state index contributed by atoms with van der Waals surface area (Å²) in [4.78, 5) is 12.8. The Kier molecular flexibility index (Phi) is 4.71. The Morgan fingerprint density at radius 3 is 2.62 bits per heavy atom. The van der Waals surface area contributed by atoms with Crippen molar-refractivity contribution in [2.45, 2.75) is 12.6 Å². The number of nitriles is 1. The fraction of sp³-hybridized carbons (Fsp3) is 0.158. The van der Waals surface area contributed by atoms with Gasteiger partial charge in [-0.1, -0.05) is 12.1 Å².